The van der Waals surface area contributed by atoms with Crippen LogP contribution in [0.5, 0.6) is 0 Å². The zero-order valence-electron chi connectivity index (χ0n) is 20.5. The number of ether oxygens (including phenoxy) is 1. The quantitative estimate of drug-likeness (QED) is 0.385. The van der Waals surface area contributed by atoms with Crippen LogP contribution in [0.1, 0.15) is 107 Å². The van der Waals surface area contributed by atoms with Crippen molar-refractivity contribution in [2.75, 3.05) is 6.61 Å². The lowest BCUT2D eigenvalue weighted by Gasteiger charge is -2.30. The summed E-state index contributed by atoms with van der Waals surface area (Å²) in [6.07, 6.45) is 15.3. The summed E-state index contributed by atoms with van der Waals surface area (Å²) in [5.74, 6) is 3.27. The molecule has 4 rings (SSSR count). The summed E-state index contributed by atoms with van der Waals surface area (Å²) in [5, 5.41) is 0. The highest BCUT2D eigenvalue weighted by Crippen LogP contribution is 2.40. The second-order valence-corrected chi connectivity index (χ2v) is 10.6. The van der Waals surface area contributed by atoms with Gasteiger partial charge in [-0.15, -0.1) is 0 Å². The van der Waals surface area contributed by atoms with Gasteiger partial charge in [-0.05, 0) is 118 Å². The number of hydrogen-bond donors (Lipinski definition) is 0. The first-order chi connectivity index (χ1) is 15.7. The smallest absolute Gasteiger partial charge is 0.0575 e. The van der Waals surface area contributed by atoms with Crippen LogP contribution in [0.3, 0.4) is 0 Å². The normalized spacial score (nSPS) is 27.2. The standard InChI is InChI=1S/C31H44O/c1-3-32-31-21-15-26(16-22-31)10-9-25-11-17-29(18-12-25)30-19-13-27(14-20-30)23-24(2)28-7-5-4-6-8-28/h4-8,11-12,17-18,24,26-27,30-31H,3,9-10,13-16,19-23H2,1-2H3. The molecule has 2 saturated carbocycles. The molecule has 0 amide bonds. The van der Waals surface area contributed by atoms with Crippen molar-refractivity contribution >= 4 is 0 Å². The molecule has 1 heteroatoms. The Labute approximate surface area is 197 Å². The van der Waals surface area contributed by atoms with E-state index in [1.807, 2.05) is 0 Å². The molecule has 2 aliphatic carbocycles. The molecule has 2 aliphatic rings. The zero-order chi connectivity index (χ0) is 22.2. The Balaban J connectivity index is 1.18. The molecule has 2 aromatic carbocycles. The molecule has 1 nitrogen and oxygen atoms in total. The first kappa shape index (κ1) is 23.6. The second-order valence-electron chi connectivity index (χ2n) is 10.6. The van der Waals surface area contributed by atoms with Gasteiger partial charge in [-0.2, -0.15) is 0 Å². The van der Waals surface area contributed by atoms with Crippen molar-refractivity contribution in [3.63, 3.8) is 0 Å². The van der Waals surface area contributed by atoms with Crippen molar-refractivity contribution in [3.8, 4) is 0 Å². The number of aryl methyl sites for hydroxylation is 1. The molecular weight excluding hydrogens is 388 g/mol. The molecule has 0 saturated heterocycles. The minimum Gasteiger partial charge on any atom is -0.379 e. The first-order valence-corrected chi connectivity index (χ1v) is 13.5. The van der Waals surface area contributed by atoms with E-state index in [1.165, 1.54) is 81.8 Å². The van der Waals surface area contributed by atoms with Gasteiger partial charge < -0.3 is 4.74 Å². The van der Waals surface area contributed by atoms with Gasteiger partial charge in [0.1, 0.15) is 0 Å². The zero-order valence-corrected chi connectivity index (χ0v) is 20.5. The van der Waals surface area contributed by atoms with Crippen LogP contribution in [-0.2, 0) is 11.2 Å². The first-order valence-electron chi connectivity index (χ1n) is 13.5. The molecule has 0 heterocycles. The molecule has 0 spiro atoms. The van der Waals surface area contributed by atoms with Crippen molar-refractivity contribution in [2.45, 2.75) is 102 Å². The number of benzene rings is 2. The lowest BCUT2D eigenvalue weighted by Crippen LogP contribution is -2.21. The maximum absolute atomic E-state index is 5.81. The maximum Gasteiger partial charge on any atom is 0.0575 e. The molecule has 0 N–H and O–H groups in total. The minimum absolute atomic E-state index is 0.534. The molecule has 2 aromatic rings. The molecular formula is C31H44O. The summed E-state index contributed by atoms with van der Waals surface area (Å²) in [7, 11) is 0. The fourth-order valence-electron chi connectivity index (χ4n) is 6.30. The molecule has 0 bridgehead atoms. The number of hydrogen-bond acceptors (Lipinski definition) is 1. The highest BCUT2D eigenvalue weighted by atomic mass is 16.5. The van der Waals surface area contributed by atoms with Gasteiger partial charge in [0.25, 0.3) is 0 Å². The van der Waals surface area contributed by atoms with E-state index in [0.29, 0.717) is 12.0 Å². The van der Waals surface area contributed by atoms with Gasteiger partial charge in [0.05, 0.1) is 6.10 Å². The Hall–Kier alpha value is -1.60. The van der Waals surface area contributed by atoms with Crippen LogP contribution >= 0.6 is 0 Å². The Bertz CT molecular complexity index is 764. The van der Waals surface area contributed by atoms with Crippen LogP contribution in [-0.4, -0.2) is 12.7 Å². The summed E-state index contributed by atoms with van der Waals surface area (Å²) in [6.45, 7) is 5.40. The monoisotopic (exact) mass is 432 g/mol. The van der Waals surface area contributed by atoms with Crippen molar-refractivity contribution in [3.05, 3.63) is 71.3 Å². The van der Waals surface area contributed by atoms with Crippen molar-refractivity contribution in [1.82, 2.24) is 0 Å². The molecule has 32 heavy (non-hydrogen) atoms. The van der Waals surface area contributed by atoms with Gasteiger partial charge >= 0.3 is 0 Å². The average Bonchev–Trinajstić information content (AvgIpc) is 2.85. The average molecular weight is 433 g/mol. The maximum atomic E-state index is 5.81. The van der Waals surface area contributed by atoms with E-state index in [9.17, 15) is 0 Å². The predicted molar refractivity (Wildman–Crippen MR) is 136 cm³/mol. The van der Waals surface area contributed by atoms with Gasteiger partial charge in [0, 0.05) is 6.61 Å². The van der Waals surface area contributed by atoms with Crippen molar-refractivity contribution < 1.29 is 4.74 Å². The van der Waals surface area contributed by atoms with Gasteiger partial charge in [-0.3, -0.25) is 0 Å². The van der Waals surface area contributed by atoms with Crippen LogP contribution in [0.4, 0.5) is 0 Å². The Morgan fingerprint density at radius 1 is 0.781 bits per heavy atom. The summed E-state index contributed by atoms with van der Waals surface area (Å²) in [5.41, 5.74) is 4.62. The van der Waals surface area contributed by atoms with Crippen LogP contribution in [0.2, 0.25) is 0 Å². The third-order valence-electron chi connectivity index (χ3n) is 8.39. The van der Waals surface area contributed by atoms with Crippen LogP contribution in [0.15, 0.2) is 54.6 Å². The molecule has 1 unspecified atom stereocenters. The second kappa shape index (κ2) is 12.0. The van der Waals surface area contributed by atoms with Crippen molar-refractivity contribution in [2.24, 2.45) is 11.8 Å². The molecule has 1 atom stereocenters. The van der Waals surface area contributed by atoms with Crippen LogP contribution in [0, 0.1) is 11.8 Å². The summed E-state index contributed by atoms with van der Waals surface area (Å²) in [4.78, 5) is 0. The third kappa shape index (κ3) is 6.70. The Morgan fingerprint density at radius 3 is 2.09 bits per heavy atom. The summed E-state index contributed by atoms with van der Waals surface area (Å²) in [6, 6.07) is 20.8. The molecule has 2 fully saturated rings. The van der Waals surface area contributed by atoms with E-state index in [0.717, 1.165) is 24.4 Å². The van der Waals surface area contributed by atoms with E-state index in [4.69, 9.17) is 4.74 Å². The van der Waals surface area contributed by atoms with E-state index >= 15 is 0 Å². The fraction of sp³-hybridized carbons (Fsp3) is 0.613. The van der Waals surface area contributed by atoms with Gasteiger partial charge in [-0.1, -0.05) is 61.5 Å². The fourth-order valence-corrected chi connectivity index (χ4v) is 6.30. The molecule has 0 aromatic heterocycles. The predicted octanol–water partition coefficient (Wildman–Crippen LogP) is 8.68. The number of rotatable bonds is 9. The highest BCUT2D eigenvalue weighted by molar-refractivity contribution is 5.26. The van der Waals surface area contributed by atoms with E-state index in [-0.39, 0.29) is 0 Å². The van der Waals surface area contributed by atoms with Gasteiger partial charge in [-0.25, -0.2) is 0 Å². The van der Waals surface area contributed by atoms with E-state index < -0.39 is 0 Å². The van der Waals surface area contributed by atoms with E-state index in [2.05, 4.69) is 68.4 Å². The SMILES string of the molecule is CCOC1CCC(CCc2ccc(C3CCC(CC(C)c4ccccc4)CC3)cc2)CC1. The summed E-state index contributed by atoms with van der Waals surface area (Å²) < 4.78 is 5.81. The largest absolute Gasteiger partial charge is 0.379 e. The Morgan fingerprint density at radius 2 is 1.44 bits per heavy atom. The third-order valence-corrected chi connectivity index (χ3v) is 8.39. The molecule has 0 aliphatic heterocycles. The lowest BCUT2D eigenvalue weighted by molar-refractivity contribution is 0.0248. The van der Waals surface area contributed by atoms with Gasteiger partial charge in [0.2, 0.25) is 0 Å². The summed E-state index contributed by atoms with van der Waals surface area (Å²) >= 11 is 0. The van der Waals surface area contributed by atoms with Crippen LogP contribution in [0.25, 0.3) is 0 Å². The lowest BCUT2D eigenvalue weighted by atomic mass is 9.75. The van der Waals surface area contributed by atoms with Crippen LogP contribution < -0.4 is 0 Å². The van der Waals surface area contributed by atoms with Gasteiger partial charge in [0.15, 0.2) is 0 Å². The topological polar surface area (TPSA) is 9.23 Å². The Kier molecular flexibility index (Phi) is 8.85. The molecule has 174 valence electrons. The minimum atomic E-state index is 0.534. The molecule has 0 radical (unpaired) electrons. The van der Waals surface area contributed by atoms with E-state index in [1.54, 1.807) is 5.56 Å². The van der Waals surface area contributed by atoms with Crippen molar-refractivity contribution in [1.29, 1.82) is 0 Å². The highest BCUT2D eigenvalue weighted by Gasteiger charge is 2.24.